The monoisotopic (exact) mass is 320 g/mol. The van der Waals surface area contributed by atoms with E-state index in [0.29, 0.717) is 25.5 Å². The summed E-state index contributed by atoms with van der Waals surface area (Å²) in [7, 11) is 3.05. The van der Waals surface area contributed by atoms with Crippen LogP contribution in [0.3, 0.4) is 0 Å². The lowest BCUT2D eigenvalue weighted by Crippen LogP contribution is -2.43. The van der Waals surface area contributed by atoms with Crippen molar-refractivity contribution in [2.45, 2.75) is 6.10 Å². The minimum Gasteiger partial charge on any atom is -0.491 e. The molecule has 2 aromatic rings. The molecule has 0 aliphatic carbocycles. The van der Waals surface area contributed by atoms with Gasteiger partial charge in [-0.2, -0.15) is 4.80 Å². The first kappa shape index (κ1) is 15.2. The molecule has 1 saturated heterocycles. The second-order valence-corrected chi connectivity index (χ2v) is 5.03. The Balaban J connectivity index is 1.76. The first-order chi connectivity index (χ1) is 11.1. The number of amides is 1. The summed E-state index contributed by atoms with van der Waals surface area (Å²) in [6, 6.07) is 1.23. The van der Waals surface area contributed by atoms with Crippen molar-refractivity contribution in [3.05, 3.63) is 34.0 Å². The van der Waals surface area contributed by atoms with Crippen molar-refractivity contribution in [2.24, 2.45) is 7.05 Å². The Morgan fingerprint density at radius 2 is 2.35 bits per heavy atom. The Kier molecular flexibility index (Phi) is 4.06. The number of aryl methyl sites for hydroxylation is 1. The molecule has 1 unspecified atom stereocenters. The van der Waals surface area contributed by atoms with Gasteiger partial charge < -0.3 is 19.4 Å². The summed E-state index contributed by atoms with van der Waals surface area (Å²) >= 11 is 0. The topological polar surface area (TPSA) is 115 Å². The molecule has 3 heterocycles. The van der Waals surface area contributed by atoms with Gasteiger partial charge >= 0.3 is 0 Å². The number of carbonyl (C=O) groups is 1. The van der Waals surface area contributed by atoms with Crippen molar-refractivity contribution in [2.75, 3.05) is 26.8 Å². The molecule has 1 N–H and O–H groups in total. The molecule has 122 valence electrons. The maximum absolute atomic E-state index is 12.5. The van der Waals surface area contributed by atoms with Crippen molar-refractivity contribution in [3.63, 3.8) is 0 Å². The third-order valence-corrected chi connectivity index (χ3v) is 3.49. The lowest BCUT2D eigenvalue weighted by atomic mass is 10.2. The Labute approximate surface area is 131 Å². The zero-order valence-corrected chi connectivity index (χ0v) is 12.7. The van der Waals surface area contributed by atoms with E-state index in [9.17, 15) is 9.59 Å². The summed E-state index contributed by atoms with van der Waals surface area (Å²) < 4.78 is 10.5. The van der Waals surface area contributed by atoms with Crippen molar-refractivity contribution < 1.29 is 14.3 Å². The molecule has 1 atom stereocenters. The number of morpholine rings is 1. The Bertz CT molecular complexity index is 770. The lowest BCUT2D eigenvalue weighted by molar-refractivity contribution is -0.0271. The summed E-state index contributed by atoms with van der Waals surface area (Å²) in [5.41, 5.74) is -0.154. The number of nitrogens with one attached hydrogen (secondary N) is 1. The van der Waals surface area contributed by atoms with Gasteiger partial charge in [-0.15, -0.1) is 10.2 Å². The van der Waals surface area contributed by atoms with Crippen LogP contribution in [0.5, 0.6) is 5.75 Å². The van der Waals surface area contributed by atoms with E-state index >= 15 is 0 Å². The Hall–Kier alpha value is -2.75. The van der Waals surface area contributed by atoms with E-state index < -0.39 is 6.10 Å². The molecular weight excluding hydrogens is 304 g/mol. The van der Waals surface area contributed by atoms with Crippen molar-refractivity contribution in [1.82, 2.24) is 30.1 Å². The molecule has 10 heteroatoms. The molecule has 2 aromatic heterocycles. The van der Waals surface area contributed by atoms with Crippen LogP contribution in [-0.2, 0) is 11.8 Å². The van der Waals surface area contributed by atoms with Gasteiger partial charge in [0.05, 0.1) is 27.3 Å². The fourth-order valence-corrected chi connectivity index (χ4v) is 2.33. The molecule has 1 aliphatic heterocycles. The smallest absolute Gasteiger partial charge is 0.270 e. The third-order valence-electron chi connectivity index (χ3n) is 3.49. The van der Waals surface area contributed by atoms with E-state index in [1.54, 1.807) is 11.9 Å². The van der Waals surface area contributed by atoms with Crippen LogP contribution < -0.4 is 10.2 Å². The number of tetrazole rings is 1. The summed E-state index contributed by atoms with van der Waals surface area (Å²) in [6.07, 6.45) is 0.934. The molecule has 0 radical (unpaired) electrons. The number of carbonyl (C=O) groups excluding carboxylic acids is 1. The van der Waals surface area contributed by atoms with E-state index in [4.69, 9.17) is 9.47 Å². The molecule has 3 rings (SSSR count). The normalized spacial score (nSPS) is 18.0. The highest BCUT2D eigenvalue weighted by Crippen LogP contribution is 2.19. The summed E-state index contributed by atoms with van der Waals surface area (Å²) in [5.74, 6) is 0.292. The van der Waals surface area contributed by atoms with Gasteiger partial charge in [-0.05, 0) is 5.21 Å². The number of hydrogen-bond acceptors (Lipinski definition) is 7. The number of methoxy groups -OCH3 is 1. The van der Waals surface area contributed by atoms with E-state index in [1.807, 2.05) is 0 Å². The van der Waals surface area contributed by atoms with Gasteiger partial charge in [-0.3, -0.25) is 9.59 Å². The second kappa shape index (κ2) is 6.16. The van der Waals surface area contributed by atoms with Crippen molar-refractivity contribution >= 4 is 5.91 Å². The number of ether oxygens (including phenoxy) is 2. The Morgan fingerprint density at radius 3 is 3.00 bits per heavy atom. The fourth-order valence-electron chi connectivity index (χ4n) is 2.33. The van der Waals surface area contributed by atoms with Crippen LogP contribution in [0.15, 0.2) is 17.1 Å². The van der Waals surface area contributed by atoms with Crippen molar-refractivity contribution in [3.8, 4) is 5.75 Å². The third kappa shape index (κ3) is 3.06. The van der Waals surface area contributed by atoms with E-state index in [-0.39, 0.29) is 22.8 Å². The van der Waals surface area contributed by atoms with Gasteiger partial charge in [0.15, 0.2) is 5.75 Å². The molecule has 0 aromatic carbocycles. The number of pyridine rings is 1. The molecule has 10 nitrogen and oxygen atoms in total. The maximum Gasteiger partial charge on any atom is 0.270 e. The highest BCUT2D eigenvalue weighted by atomic mass is 16.5. The van der Waals surface area contributed by atoms with Crippen LogP contribution in [0.4, 0.5) is 0 Å². The van der Waals surface area contributed by atoms with Gasteiger partial charge in [0.2, 0.25) is 11.3 Å². The molecule has 0 spiro atoms. The molecule has 1 aliphatic rings. The average Bonchev–Trinajstić information content (AvgIpc) is 3.01. The van der Waals surface area contributed by atoms with Crippen LogP contribution in [0.2, 0.25) is 0 Å². The maximum atomic E-state index is 12.5. The molecule has 1 amide bonds. The highest BCUT2D eigenvalue weighted by Gasteiger charge is 2.29. The minimum absolute atomic E-state index is 0.158. The van der Waals surface area contributed by atoms with Gasteiger partial charge in [0.25, 0.3) is 5.91 Å². The quantitative estimate of drug-likeness (QED) is 0.781. The van der Waals surface area contributed by atoms with E-state index in [0.717, 1.165) is 0 Å². The molecule has 1 fully saturated rings. The molecule has 0 bridgehead atoms. The van der Waals surface area contributed by atoms with Gasteiger partial charge in [0, 0.05) is 18.8 Å². The highest BCUT2D eigenvalue weighted by molar-refractivity contribution is 5.92. The summed E-state index contributed by atoms with van der Waals surface area (Å²) in [4.78, 5) is 30.0. The molecular formula is C13H16N6O4. The van der Waals surface area contributed by atoms with Crippen LogP contribution in [0.1, 0.15) is 22.4 Å². The first-order valence-electron chi connectivity index (χ1n) is 7.00. The number of rotatable bonds is 3. The number of hydrogen-bond donors (Lipinski definition) is 1. The van der Waals surface area contributed by atoms with E-state index in [2.05, 4.69) is 20.4 Å². The van der Waals surface area contributed by atoms with E-state index in [1.165, 1.54) is 24.2 Å². The van der Waals surface area contributed by atoms with Crippen LogP contribution in [-0.4, -0.2) is 62.8 Å². The fraction of sp³-hybridized carbons (Fsp3) is 0.462. The number of aromatic amines is 1. The second-order valence-electron chi connectivity index (χ2n) is 5.03. The minimum atomic E-state index is -0.439. The largest absolute Gasteiger partial charge is 0.491 e. The van der Waals surface area contributed by atoms with Gasteiger partial charge in [0.1, 0.15) is 11.8 Å². The lowest BCUT2D eigenvalue weighted by Gasteiger charge is -2.31. The first-order valence-corrected chi connectivity index (χ1v) is 7.00. The predicted octanol–water partition coefficient (Wildman–Crippen LogP) is -0.879. The van der Waals surface area contributed by atoms with Crippen LogP contribution in [0.25, 0.3) is 0 Å². The predicted molar refractivity (Wildman–Crippen MR) is 77.0 cm³/mol. The van der Waals surface area contributed by atoms with Gasteiger partial charge in [-0.25, -0.2) is 0 Å². The number of nitrogens with zero attached hydrogens (tertiary/aromatic N) is 5. The number of aromatic nitrogens is 5. The van der Waals surface area contributed by atoms with Crippen LogP contribution in [0, 0.1) is 0 Å². The summed E-state index contributed by atoms with van der Waals surface area (Å²) in [6.45, 7) is 1.07. The zero-order valence-electron chi connectivity index (χ0n) is 12.7. The van der Waals surface area contributed by atoms with Crippen molar-refractivity contribution in [1.29, 1.82) is 0 Å². The SMILES string of the molecule is COc1c[nH]c(C(=O)N2CCOC(c3nnn(C)n3)C2)cc1=O. The standard InChI is InChI=1S/C13H16N6O4/c1-18-16-12(15-17-18)11-7-19(3-4-23-11)13(21)8-5-9(20)10(22-2)6-14-8/h5-6,11H,3-4,7H2,1-2H3,(H,14,20). The van der Waals surface area contributed by atoms with Gasteiger partial charge in [-0.1, -0.05) is 0 Å². The zero-order chi connectivity index (χ0) is 16.4. The van der Waals surface area contributed by atoms with Crippen LogP contribution >= 0.6 is 0 Å². The molecule has 23 heavy (non-hydrogen) atoms. The average molecular weight is 320 g/mol. The Morgan fingerprint density at radius 1 is 1.52 bits per heavy atom. The molecule has 0 saturated carbocycles. The summed E-state index contributed by atoms with van der Waals surface area (Å²) in [5, 5.41) is 11.8. The number of H-pyrrole nitrogens is 1.